The summed E-state index contributed by atoms with van der Waals surface area (Å²) in [6, 6.07) is 8.16. The summed E-state index contributed by atoms with van der Waals surface area (Å²) in [6.07, 6.45) is 6.15. The number of alkyl carbamates (subject to hydrolysis) is 1. The Hall–Kier alpha value is -2.31. The second-order valence-corrected chi connectivity index (χ2v) is 10.4. The summed E-state index contributed by atoms with van der Waals surface area (Å²) in [5.74, 6) is 1.34. The Kier molecular flexibility index (Phi) is 5.52. The number of amides is 1. The number of benzene rings is 1. The molecule has 1 unspecified atom stereocenters. The molecule has 4 aliphatic heterocycles. The number of hydrogen-bond acceptors (Lipinski definition) is 5. The van der Waals surface area contributed by atoms with Gasteiger partial charge in [-0.05, 0) is 65.9 Å². The smallest absolute Gasteiger partial charge is 0.407 e. The first kappa shape index (κ1) is 20.6. The van der Waals surface area contributed by atoms with Crippen LogP contribution in [0.3, 0.4) is 0 Å². The Bertz CT molecular complexity index is 961. The van der Waals surface area contributed by atoms with Crippen LogP contribution in [0.1, 0.15) is 49.4 Å². The molecule has 5 nitrogen and oxygen atoms in total. The van der Waals surface area contributed by atoms with Gasteiger partial charge in [0.15, 0.2) is 0 Å². The molecule has 2 atom stereocenters. The molecule has 0 aliphatic carbocycles. The third-order valence-electron chi connectivity index (χ3n) is 6.86. The zero-order valence-corrected chi connectivity index (χ0v) is 19.0. The first-order valence-electron chi connectivity index (χ1n) is 11.1. The number of carbonyl (C=O) groups is 1. The average Bonchev–Trinajstić information content (AvgIpc) is 3.29. The molecular weight excluding hydrogens is 408 g/mol. The number of thiophene rings is 1. The lowest BCUT2D eigenvalue weighted by Crippen LogP contribution is -2.53. The van der Waals surface area contributed by atoms with Crippen molar-refractivity contribution in [2.75, 3.05) is 26.2 Å². The summed E-state index contributed by atoms with van der Waals surface area (Å²) in [5, 5.41) is 7.36. The predicted molar refractivity (Wildman–Crippen MR) is 124 cm³/mol. The Balaban J connectivity index is 1.30. The van der Waals surface area contributed by atoms with Crippen molar-refractivity contribution < 1.29 is 14.3 Å². The van der Waals surface area contributed by atoms with E-state index in [2.05, 4.69) is 71.2 Å². The van der Waals surface area contributed by atoms with E-state index in [9.17, 15) is 4.79 Å². The highest BCUT2D eigenvalue weighted by molar-refractivity contribution is 7.08. The molecule has 0 spiro atoms. The number of rotatable bonds is 4. The lowest BCUT2D eigenvalue weighted by molar-refractivity contribution is -0.0361. The number of nitrogens with zero attached hydrogens (tertiary/aromatic N) is 1. The van der Waals surface area contributed by atoms with Gasteiger partial charge >= 0.3 is 6.09 Å². The minimum Gasteiger partial charge on any atom is -0.493 e. The first-order chi connectivity index (χ1) is 15.0. The Morgan fingerprint density at radius 1 is 1.23 bits per heavy atom. The van der Waals surface area contributed by atoms with Crippen LogP contribution >= 0.6 is 11.3 Å². The largest absolute Gasteiger partial charge is 0.493 e. The Morgan fingerprint density at radius 3 is 2.74 bits per heavy atom. The van der Waals surface area contributed by atoms with Crippen LogP contribution in [0.2, 0.25) is 0 Å². The van der Waals surface area contributed by atoms with Crippen molar-refractivity contribution in [3.05, 3.63) is 51.7 Å². The van der Waals surface area contributed by atoms with Gasteiger partial charge in [0.1, 0.15) is 11.9 Å². The van der Waals surface area contributed by atoms with Crippen LogP contribution in [-0.4, -0.2) is 43.3 Å². The summed E-state index contributed by atoms with van der Waals surface area (Å²) >= 11 is 1.69. The molecule has 3 fully saturated rings. The first-order valence-corrected chi connectivity index (χ1v) is 12.1. The normalized spacial score (nSPS) is 28.7. The molecule has 5 heterocycles. The molecule has 1 aromatic heterocycles. The Morgan fingerprint density at radius 2 is 2.03 bits per heavy atom. The van der Waals surface area contributed by atoms with Gasteiger partial charge in [0.05, 0.1) is 12.6 Å². The summed E-state index contributed by atoms with van der Waals surface area (Å²) in [6.45, 7) is 7.93. The number of carbonyl (C=O) groups excluding carboxylic acids is 1. The van der Waals surface area contributed by atoms with Crippen LogP contribution in [0.5, 0.6) is 5.75 Å². The van der Waals surface area contributed by atoms with Crippen molar-refractivity contribution in [3.8, 4) is 5.75 Å². The summed E-state index contributed by atoms with van der Waals surface area (Å²) in [4.78, 5) is 15.3. The molecular formula is C25H30N2O3S. The van der Waals surface area contributed by atoms with Gasteiger partial charge in [-0.25, -0.2) is 4.79 Å². The van der Waals surface area contributed by atoms with Crippen LogP contribution in [-0.2, 0) is 4.74 Å². The van der Waals surface area contributed by atoms with Crippen LogP contribution < -0.4 is 10.1 Å². The van der Waals surface area contributed by atoms with Gasteiger partial charge in [-0.2, -0.15) is 11.3 Å². The highest BCUT2D eigenvalue weighted by Gasteiger charge is 2.41. The van der Waals surface area contributed by atoms with E-state index in [1.54, 1.807) is 11.3 Å². The summed E-state index contributed by atoms with van der Waals surface area (Å²) < 4.78 is 12.0. The zero-order valence-electron chi connectivity index (χ0n) is 18.2. The molecule has 1 N–H and O–H groups in total. The highest BCUT2D eigenvalue weighted by Crippen LogP contribution is 2.43. The van der Waals surface area contributed by atoms with E-state index < -0.39 is 0 Å². The maximum absolute atomic E-state index is 12.9. The van der Waals surface area contributed by atoms with E-state index in [1.807, 2.05) is 0 Å². The molecule has 4 aliphatic rings. The molecule has 164 valence electrons. The van der Waals surface area contributed by atoms with Crippen LogP contribution in [0.15, 0.2) is 35.0 Å². The van der Waals surface area contributed by atoms with Crippen LogP contribution in [0, 0.1) is 11.3 Å². The fourth-order valence-electron chi connectivity index (χ4n) is 4.96. The highest BCUT2D eigenvalue weighted by atomic mass is 32.1. The second kappa shape index (κ2) is 8.32. The number of fused-ring (bicyclic) bond motifs is 4. The molecule has 2 bridgehead atoms. The van der Waals surface area contributed by atoms with Gasteiger partial charge < -0.3 is 14.8 Å². The molecule has 6 heteroatoms. The van der Waals surface area contributed by atoms with Crippen molar-refractivity contribution in [1.82, 2.24) is 10.2 Å². The average molecular weight is 439 g/mol. The number of nitrogens with one attached hydrogen (secondary N) is 1. The third kappa shape index (κ3) is 4.37. The van der Waals surface area contributed by atoms with Gasteiger partial charge in [-0.1, -0.05) is 38.1 Å². The van der Waals surface area contributed by atoms with Crippen molar-refractivity contribution >= 4 is 29.6 Å². The third-order valence-corrected chi connectivity index (χ3v) is 7.56. The lowest BCUT2D eigenvalue weighted by atomic mass is 9.79. The van der Waals surface area contributed by atoms with E-state index >= 15 is 0 Å². The van der Waals surface area contributed by atoms with Crippen molar-refractivity contribution in [2.24, 2.45) is 11.3 Å². The molecule has 0 radical (unpaired) electrons. The lowest BCUT2D eigenvalue weighted by Gasteiger charge is -2.44. The van der Waals surface area contributed by atoms with Crippen molar-refractivity contribution in [2.45, 2.75) is 38.8 Å². The minimum atomic E-state index is -0.314. The maximum atomic E-state index is 12.9. The van der Waals surface area contributed by atoms with Gasteiger partial charge in [-0.15, -0.1) is 0 Å². The van der Waals surface area contributed by atoms with Gasteiger partial charge in [0, 0.05) is 17.5 Å². The van der Waals surface area contributed by atoms with E-state index in [0.29, 0.717) is 12.5 Å². The van der Waals surface area contributed by atoms with E-state index in [1.165, 1.54) is 5.56 Å². The van der Waals surface area contributed by atoms with Crippen molar-refractivity contribution in [1.29, 1.82) is 0 Å². The molecule has 1 amide bonds. The minimum absolute atomic E-state index is 0.00883. The molecule has 1 aromatic carbocycles. The number of ether oxygens (including phenoxy) is 2. The van der Waals surface area contributed by atoms with Crippen LogP contribution in [0.25, 0.3) is 12.2 Å². The Labute approximate surface area is 188 Å². The summed E-state index contributed by atoms with van der Waals surface area (Å²) in [7, 11) is 0. The quantitative estimate of drug-likeness (QED) is 0.713. The van der Waals surface area contributed by atoms with E-state index in [4.69, 9.17) is 9.47 Å². The molecule has 31 heavy (non-hydrogen) atoms. The number of piperidine rings is 3. The maximum Gasteiger partial charge on any atom is 0.407 e. The van der Waals surface area contributed by atoms with Gasteiger partial charge in [-0.3, -0.25) is 4.90 Å². The monoisotopic (exact) mass is 438 g/mol. The fourth-order valence-corrected chi connectivity index (χ4v) is 5.58. The predicted octanol–water partition coefficient (Wildman–Crippen LogP) is 5.20. The van der Waals surface area contributed by atoms with E-state index in [0.717, 1.165) is 49.4 Å². The molecule has 0 saturated carbocycles. The topological polar surface area (TPSA) is 50.8 Å². The van der Waals surface area contributed by atoms with Gasteiger partial charge in [0.25, 0.3) is 0 Å². The SMILES string of the molecule is CC1(C)COc2cc(/C=C/c3ccsc3)ccc2C1NC(=O)O[C@@H]1CN2CCC1CC2. The molecule has 2 aromatic rings. The zero-order chi connectivity index (χ0) is 21.4. The number of hydrogen-bond donors (Lipinski definition) is 1. The van der Waals surface area contributed by atoms with E-state index in [-0.39, 0.29) is 23.7 Å². The van der Waals surface area contributed by atoms with Crippen LogP contribution in [0.4, 0.5) is 4.79 Å². The van der Waals surface area contributed by atoms with Crippen molar-refractivity contribution in [3.63, 3.8) is 0 Å². The van der Waals surface area contributed by atoms with Gasteiger partial charge in [0.2, 0.25) is 0 Å². The summed E-state index contributed by atoms with van der Waals surface area (Å²) in [5.41, 5.74) is 3.06. The second-order valence-electron chi connectivity index (χ2n) is 9.62. The molecule has 6 rings (SSSR count). The fraction of sp³-hybridized carbons (Fsp3) is 0.480. The molecule has 3 saturated heterocycles. The standard InChI is InChI=1S/C25H30N2O3S/c1-25(2)16-29-21-13-17(3-4-18-9-12-31-15-18)5-6-20(21)23(25)26-24(28)30-22-14-27-10-7-19(22)8-11-27/h3-6,9,12-13,15,19,22-23H,7-8,10-11,14,16H2,1-2H3,(H,26,28)/b4-3+/t22-,23?/m1/s1.